The third-order valence-electron chi connectivity index (χ3n) is 2.55. The van der Waals surface area contributed by atoms with Crippen LogP contribution in [0.3, 0.4) is 0 Å². The van der Waals surface area contributed by atoms with E-state index >= 15 is 0 Å². The Balaban J connectivity index is 2.06. The van der Waals surface area contributed by atoms with Crippen LogP contribution in [-0.4, -0.2) is 28.3 Å². The molecule has 98 valence electrons. The van der Waals surface area contributed by atoms with Crippen molar-refractivity contribution < 1.29 is 9.53 Å². The Hall–Kier alpha value is -2.50. The number of rotatable bonds is 4. The van der Waals surface area contributed by atoms with Gasteiger partial charge in [-0.05, 0) is 31.2 Å². The highest BCUT2D eigenvalue weighted by molar-refractivity contribution is 5.86. The van der Waals surface area contributed by atoms with E-state index in [2.05, 4.69) is 25.2 Å². The van der Waals surface area contributed by atoms with Gasteiger partial charge in [0, 0.05) is 6.20 Å². The Labute approximate surface area is 110 Å². The average molecular weight is 258 g/mol. The summed E-state index contributed by atoms with van der Waals surface area (Å²) in [6, 6.07) is 8.95. The molecular formula is C13H14N4O2. The largest absolute Gasteiger partial charge is 0.464 e. The molecule has 0 amide bonds. The molecule has 19 heavy (non-hydrogen) atoms. The predicted molar refractivity (Wildman–Crippen MR) is 69.6 cm³/mol. The molecule has 0 aromatic carbocycles. The number of hydrogen-bond donors (Lipinski definition) is 1. The summed E-state index contributed by atoms with van der Waals surface area (Å²) >= 11 is 0. The van der Waals surface area contributed by atoms with E-state index < -0.39 is 5.97 Å². The molecule has 0 radical (unpaired) electrons. The molecule has 2 heterocycles. The van der Waals surface area contributed by atoms with Gasteiger partial charge in [-0.3, -0.25) is 4.98 Å². The Morgan fingerprint density at radius 1 is 1.26 bits per heavy atom. The van der Waals surface area contributed by atoms with Crippen LogP contribution in [0.15, 0.2) is 36.5 Å². The Bertz CT molecular complexity index is 542. The van der Waals surface area contributed by atoms with Gasteiger partial charge in [-0.15, -0.1) is 10.2 Å². The normalized spacial score (nSPS) is 11.7. The number of anilines is 1. The van der Waals surface area contributed by atoms with Crippen molar-refractivity contribution in [3.8, 4) is 0 Å². The molecule has 0 spiro atoms. The standard InChI is InChI=1S/C13H14N4O2/c1-9(10-5-3-4-8-14-10)15-12-7-6-11(16-17-12)13(18)19-2/h3-9H,1-2H3,(H,15,17). The number of carbonyl (C=O) groups is 1. The summed E-state index contributed by atoms with van der Waals surface area (Å²) in [5, 5.41) is 10.9. The monoisotopic (exact) mass is 258 g/mol. The minimum absolute atomic E-state index is 0.000485. The third kappa shape index (κ3) is 3.25. The summed E-state index contributed by atoms with van der Waals surface area (Å²) < 4.78 is 4.55. The Morgan fingerprint density at radius 2 is 2.11 bits per heavy atom. The minimum atomic E-state index is -0.503. The molecule has 0 bridgehead atoms. The Kier molecular flexibility index (Phi) is 4.02. The molecule has 0 saturated heterocycles. The third-order valence-corrected chi connectivity index (χ3v) is 2.55. The van der Waals surface area contributed by atoms with Gasteiger partial charge in [-0.25, -0.2) is 4.79 Å². The van der Waals surface area contributed by atoms with E-state index in [1.165, 1.54) is 7.11 Å². The SMILES string of the molecule is COC(=O)c1ccc(NC(C)c2ccccn2)nn1. The maximum atomic E-state index is 11.2. The van der Waals surface area contributed by atoms with Crippen molar-refractivity contribution >= 4 is 11.8 Å². The van der Waals surface area contributed by atoms with E-state index in [9.17, 15) is 4.79 Å². The maximum absolute atomic E-state index is 11.2. The van der Waals surface area contributed by atoms with Crippen molar-refractivity contribution in [2.45, 2.75) is 13.0 Å². The summed E-state index contributed by atoms with van der Waals surface area (Å²) in [6.45, 7) is 1.97. The fourth-order valence-corrected chi connectivity index (χ4v) is 1.55. The van der Waals surface area contributed by atoms with Gasteiger partial charge in [0.05, 0.1) is 18.8 Å². The van der Waals surface area contributed by atoms with Crippen molar-refractivity contribution in [1.29, 1.82) is 0 Å². The predicted octanol–water partition coefficient (Wildman–Crippen LogP) is 1.83. The first-order chi connectivity index (χ1) is 9.20. The highest BCUT2D eigenvalue weighted by Crippen LogP contribution is 2.14. The maximum Gasteiger partial charge on any atom is 0.358 e. The van der Waals surface area contributed by atoms with Crippen molar-refractivity contribution in [2.24, 2.45) is 0 Å². The summed E-state index contributed by atoms with van der Waals surface area (Å²) in [5.41, 5.74) is 1.08. The zero-order valence-electron chi connectivity index (χ0n) is 10.7. The van der Waals surface area contributed by atoms with Gasteiger partial charge in [0.1, 0.15) is 5.82 Å². The molecule has 6 nitrogen and oxygen atoms in total. The van der Waals surface area contributed by atoms with Crippen LogP contribution in [0.25, 0.3) is 0 Å². The van der Waals surface area contributed by atoms with Crippen LogP contribution >= 0.6 is 0 Å². The van der Waals surface area contributed by atoms with Gasteiger partial charge >= 0.3 is 5.97 Å². The van der Waals surface area contributed by atoms with Gasteiger partial charge in [-0.2, -0.15) is 0 Å². The van der Waals surface area contributed by atoms with Crippen molar-refractivity contribution in [1.82, 2.24) is 15.2 Å². The lowest BCUT2D eigenvalue weighted by Gasteiger charge is -2.13. The quantitative estimate of drug-likeness (QED) is 0.843. The molecule has 0 saturated carbocycles. The van der Waals surface area contributed by atoms with Crippen LogP contribution in [0.4, 0.5) is 5.82 Å². The number of nitrogens with zero attached hydrogens (tertiary/aromatic N) is 3. The van der Waals surface area contributed by atoms with Crippen molar-refractivity contribution in [3.63, 3.8) is 0 Å². The number of hydrogen-bond acceptors (Lipinski definition) is 6. The highest BCUT2D eigenvalue weighted by Gasteiger charge is 2.10. The second-order valence-electron chi connectivity index (χ2n) is 3.92. The number of pyridine rings is 1. The average Bonchev–Trinajstić information content (AvgIpc) is 2.48. The molecule has 0 aliphatic heterocycles. The molecule has 0 aliphatic carbocycles. The molecular weight excluding hydrogens is 244 g/mol. The fraction of sp³-hybridized carbons (Fsp3) is 0.231. The molecule has 1 unspecified atom stereocenters. The van der Waals surface area contributed by atoms with Gasteiger partial charge < -0.3 is 10.1 Å². The minimum Gasteiger partial charge on any atom is -0.464 e. The number of esters is 1. The highest BCUT2D eigenvalue weighted by atomic mass is 16.5. The van der Waals surface area contributed by atoms with Crippen molar-refractivity contribution in [2.75, 3.05) is 12.4 Å². The van der Waals surface area contributed by atoms with E-state index in [1.807, 2.05) is 25.1 Å². The van der Waals surface area contributed by atoms with Gasteiger partial charge in [0.25, 0.3) is 0 Å². The second kappa shape index (κ2) is 5.90. The first-order valence-corrected chi connectivity index (χ1v) is 5.80. The number of carbonyl (C=O) groups excluding carboxylic acids is 1. The smallest absolute Gasteiger partial charge is 0.358 e. The van der Waals surface area contributed by atoms with E-state index in [-0.39, 0.29) is 11.7 Å². The second-order valence-corrected chi connectivity index (χ2v) is 3.92. The summed E-state index contributed by atoms with van der Waals surface area (Å²) in [5.74, 6) is 0.0719. The summed E-state index contributed by atoms with van der Waals surface area (Å²) in [6.07, 6.45) is 1.74. The lowest BCUT2D eigenvalue weighted by atomic mass is 10.2. The van der Waals surface area contributed by atoms with E-state index in [0.717, 1.165) is 5.69 Å². The van der Waals surface area contributed by atoms with Crippen LogP contribution < -0.4 is 5.32 Å². The molecule has 2 aromatic rings. The Morgan fingerprint density at radius 3 is 2.68 bits per heavy atom. The molecule has 2 aromatic heterocycles. The number of ether oxygens (including phenoxy) is 1. The molecule has 2 rings (SSSR count). The lowest BCUT2D eigenvalue weighted by molar-refractivity contribution is 0.0593. The van der Waals surface area contributed by atoms with Crippen LogP contribution in [0.5, 0.6) is 0 Å². The van der Waals surface area contributed by atoms with E-state index in [0.29, 0.717) is 5.82 Å². The number of methoxy groups -OCH3 is 1. The van der Waals surface area contributed by atoms with E-state index in [1.54, 1.807) is 18.3 Å². The zero-order chi connectivity index (χ0) is 13.7. The molecule has 1 N–H and O–H groups in total. The van der Waals surface area contributed by atoms with Crippen LogP contribution in [0, 0.1) is 0 Å². The van der Waals surface area contributed by atoms with Gasteiger partial charge in [0.15, 0.2) is 5.69 Å². The first kappa shape index (κ1) is 12.9. The first-order valence-electron chi connectivity index (χ1n) is 5.80. The van der Waals surface area contributed by atoms with Gasteiger partial charge in [-0.1, -0.05) is 6.07 Å². The van der Waals surface area contributed by atoms with Crippen LogP contribution in [0.1, 0.15) is 29.1 Å². The molecule has 0 fully saturated rings. The molecule has 1 atom stereocenters. The summed E-state index contributed by atoms with van der Waals surface area (Å²) in [4.78, 5) is 15.5. The molecule has 0 aliphatic rings. The van der Waals surface area contributed by atoms with Crippen molar-refractivity contribution in [3.05, 3.63) is 47.9 Å². The van der Waals surface area contributed by atoms with Crippen LogP contribution in [0.2, 0.25) is 0 Å². The summed E-state index contributed by atoms with van der Waals surface area (Å²) in [7, 11) is 1.30. The van der Waals surface area contributed by atoms with Gasteiger partial charge in [0.2, 0.25) is 0 Å². The van der Waals surface area contributed by atoms with Crippen LogP contribution in [-0.2, 0) is 4.74 Å². The lowest BCUT2D eigenvalue weighted by Crippen LogP contribution is -2.11. The fourth-order valence-electron chi connectivity index (χ4n) is 1.55. The number of nitrogens with one attached hydrogen (secondary N) is 1. The topological polar surface area (TPSA) is 77.0 Å². The number of aromatic nitrogens is 3. The zero-order valence-corrected chi connectivity index (χ0v) is 10.7. The molecule has 6 heteroatoms. The van der Waals surface area contributed by atoms with E-state index in [4.69, 9.17) is 0 Å².